The van der Waals surface area contributed by atoms with Crippen molar-refractivity contribution in [2.24, 2.45) is 5.92 Å². The van der Waals surface area contributed by atoms with Gasteiger partial charge >= 0.3 is 0 Å². The number of H-pyrrole nitrogens is 1. The summed E-state index contributed by atoms with van der Waals surface area (Å²) in [6.07, 6.45) is 2.05. The van der Waals surface area contributed by atoms with Crippen LogP contribution in [0.3, 0.4) is 0 Å². The normalized spacial score (nSPS) is 14.4. The van der Waals surface area contributed by atoms with Crippen LogP contribution in [-0.2, 0) is 0 Å². The fourth-order valence-corrected chi connectivity index (χ4v) is 4.61. The van der Waals surface area contributed by atoms with Crippen molar-refractivity contribution in [1.29, 1.82) is 5.26 Å². The average molecular weight is 448 g/mol. The zero-order chi connectivity index (χ0) is 21.5. The molecule has 5 rings (SSSR count). The van der Waals surface area contributed by atoms with E-state index in [9.17, 15) is 9.65 Å². The lowest BCUT2D eigenvalue weighted by atomic mass is 9.84. The van der Waals surface area contributed by atoms with E-state index in [0.29, 0.717) is 27.0 Å². The highest BCUT2D eigenvalue weighted by atomic mass is 35.5. The van der Waals surface area contributed by atoms with Crippen molar-refractivity contribution >= 4 is 45.3 Å². The molecule has 1 fully saturated rings. The van der Waals surface area contributed by atoms with E-state index in [1.807, 2.05) is 48.5 Å². The molecule has 3 nitrogen and oxygen atoms in total. The van der Waals surface area contributed by atoms with Crippen molar-refractivity contribution in [2.75, 3.05) is 0 Å². The third-order valence-corrected chi connectivity index (χ3v) is 6.15. The Labute approximate surface area is 188 Å². The number of aromatic nitrogens is 2. The van der Waals surface area contributed by atoms with E-state index in [1.165, 1.54) is 0 Å². The van der Waals surface area contributed by atoms with Crippen molar-refractivity contribution in [1.82, 2.24) is 10.2 Å². The lowest BCUT2D eigenvalue weighted by molar-refractivity contribution is 0.588. The quantitative estimate of drug-likeness (QED) is 0.335. The Hall–Kier alpha value is -3.13. The number of hydrogen-bond acceptors (Lipinski definition) is 2. The first-order chi connectivity index (χ1) is 15.1. The van der Waals surface area contributed by atoms with Gasteiger partial charge in [0.25, 0.3) is 0 Å². The predicted molar refractivity (Wildman–Crippen MR) is 122 cm³/mol. The van der Waals surface area contributed by atoms with Crippen LogP contribution in [0.2, 0.25) is 10.0 Å². The lowest BCUT2D eigenvalue weighted by Crippen LogP contribution is -2.01. The molecule has 0 atom stereocenters. The van der Waals surface area contributed by atoms with Gasteiger partial charge in [-0.2, -0.15) is 14.8 Å². The van der Waals surface area contributed by atoms with Gasteiger partial charge in [0.15, 0.2) is 0 Å². The second-order valence-corrected chi connectivity index (χ2v) is 8.43. The number of nitrogens with zero attached hydrogens (tertiary/aromatic N) is 2. The minimum Gasteiger partial charge on any atom is -0.252 e. The Morgan fingerprint density at radius 2 is 1.77 bits per heavy atom. The highest BCUT2D eigenvalue weighted by molar-refractivity contribution is 6.36. The Morgan fingerprint density at radius 3 is 2.45 bits per heavy atom. The van der Waals surface area contributed by atoms with E-state index in [4.69, 9.17) is 23.2 Å². The van der Waals surface area contributed by atoms with Crippen LogP contribution in [0, 0.1) is 23.2 Å². The second-order valence-electron chi connectivity index (χ2n) is 7.58. The molecule has 1 aliphatic carbocycles. The number of rotatable bonds is 4. The van der Waals surface area contributed by atoms with Gasteiger partial charge in [0, 0.05) is 15.6 Å². The van der Waals surface area contributed by atoms with Crippen LogP contribution in [-0.4, -0.2) is 10.2 Å². The molecule has 4 aromatic rings. The molecule has 0 aliphatic heterocycles. The molecular formula is C25H16Cl2FN3. The van der Waals surface area contributed by atoms with Gasteiger partial charge in [0.2, 0.25) is 5.95 Å². The van der Waals surface area contributed by atoms with E-state index < -0.39 is 5.95 Å². The molecule has 6 heteroatoms. The lowest BCUT2D eigenvalue weighted by Gasteiger charge is -2.19. The van der Waals surface area contributed by atoms with Crippen molar-refractivity contribution in [2.45, 2.75) is 12.8 Å². The van der Waals surface area contributed by atoms with E-state index in [0.717, 1.165) is 35.1 Å². The maximum atomic E-state index is 14.5. The van der Waals surface area contributed by atoms with E-state index >= 15 is 0 Å². The first-order valence-electron chi connectivity index (χ1n) is 9.90. The molecule has 3 aromatic carbocycles. The number of aromatic amines is 1. The summed E-state index contributed by atoms with van der Waals surface area (Å²) in [6.45, 7) is 0. The van der Waals surface area contributed by atoms with E-state index in [2.05, 4.69) is 16.3 Å². The molecule has 0 unspecified atom stereocenters. The van der Waals surface area contributed by atoms with Gasteiger partial charge in [-0.15, -0.1) is 0 Å². The Morgan fingerprint density at radius 1 is 1.03 bits per heavy atom. The number of fused-ring (bicyclic) bond motifs is 1. The summed E-state index contributed by atoms with van der Waals surface area (Å²) < 4.78 is 14.5. The number of benzene rings is 3. The highest BCUT2D eigenvalue weighted by Gasteiger charge is 2.32. The standard InChI is InChI=1S/C25H16Cl2FN3/c26-16-8-9-18(20(27)12-16)23(15-6-7-15)22(14-4-2-1-3-5-14)17-10-11-21-24(19(17)13-29)25(28)31-30-21/h1-5,8-12,15H,6-7H2,(H,30,31)/b23-22+. The molecule has 31 heavy (non-hydrogen) atoms. The summed E-state index contributed by atoms with van der Waals surface area (Å²) >= 11 is 12.8. The zero-order valence-electron chi connectivity index (χ0n) is 16.3. The van der Waals surface area contributed by atoms with Gasteiger partial charge < -0.3 is 0 Å². The average Bonchev–Trinajstić information content (AvgIpc) is 3.55. The van der Waals surface area contributed by atoms with Gasteiger partial charge in [0.1, 0.15) is 6.07 Å². The van der Waals surface area contributed by atoms with Crippen LogP contribution < -0.4 is 0 Å². The minimum atomic E-state index is -0.613. The number of allylic oxidation sites excluding steroid dienone is 1. The SMILES string of the molecule is N#Cc1c(/C(=C(/c2ccc(Cl)cc2Cl)C2CC2)c2ccccc2)ccc2n[nH]c(F)c12. The van der Waals surface area contributed by atoms with Gasteiger partial charge in [-0.25, -0.2) is 0 Å². The molecule has 1 aliphatic rings. The number of nitriles is 1. The molecule has 1 N–H and O–H groups in total. The second kappa shape index (κ2) is 7.85. The third-order valence-electron chi connectivity index (χ3n) is 5.60. The fourth-order valence-electron chi connectivity index (χ4n) is 4.10. The smallest absolute Gasteiger partial charge is 0.218 e. The minimum absolute atomic E-state index is 0.200. The predicted octanol–water partition coefficient (Wildman–Crippen LogP) is 7.25. The maximum Gasteiger partial charge on any atom is 0.218 e. The number of halogens is 3. The van der Waals surface area contributed by atoms with Crippen LogP contribution in [0.1, 0.15) is 35.1 Å². The van der Waals surface area contributed by atoms with Crippen molar-refractivity contribution in [3.05, 3.63) is 98.9 Å². The third kappa shape index (κ3) is 3.50. The summed E-state index contributed by atoms with van der Waals surface area (Å²) in [6, 6.07) is 21.1. The van der Waals surface area contributed by atoms with Crippen molar-refractivity contribution in [3.8, 4) is 6.07 Å². The monoisotopic (exact) mass is 447 g/mol. The Balaban J connectivity index is 1.91. The first-order valence-corrected chi connectivity index (χ1v) is 10.7. The molecule has 1 heterocycles. The molecule has 1 saturated carbocycles. The molecule has 0 bridgehead atoms. The maximum absolute atomic E-state index is 14.5. The first kappa shape index (κ1) is 19.8. The molecule has 1 aromatic heterocycles. The highest BCUT2D eigenvalue weighted by Crippen LogP contribution is 2.50. The van der Waals surface area contributed by atoms with Crippen LogP contribution in [0.5, 0.6) is 0 Å². The summed E-state index contributed by atoms with van der Waals surface area (Å²) in [5.41, 5.74) is 5.08. The van der Waals surface area contributed by atoms with Gasteiger partial charge in [-0.3, -0.25) is 5.10 Å². The van der Waals surface area contributed by atoms with Crippen molar-refractivity contribution in [3.63, 3.8) is 0 Å². The summed E-state index contributed by atoms with van der Waals surface area (Å²) in [7, 11) is 0. The van der Waals surface area contributed by atoms with Crippen LogP contribution in [0.15, 0.2) is 60.7 Å². The van der Waals surface area contributed by atoms with E-state index in [-0.39, 0.29) is 10.9 Å². The fraction of sp³-hybridized carbons (Fsp3) is 0.120. The van der Waals surface area contributed by atoms with Crippen molar-refractivity contribution < 1.29 is 4.39 Å². The largest absolute Gasteiger partial charge is 0.252 e. The summed E-state index contributed by atoms with van der Waals surface area (Å²) in [5, 5.41) is 17.7. The van der Waals surface area contributed by atoms with Crippen LogP contribution in [0.25, 0.3) is 22.0 Å². The molecule has 0 spiro atoms. The molecule has 152 valence electrons. The Bertz CT molecular complexity index is 1380. The van der Waals surface area contributed by atoms with Gasteiger partial charge in [-0.05, 0) is 59.2 Å². The summed E-state index contributed by atoms with van der Waals surface area (Å²) in [5.74, 6) is -0.316. The zero-order valence-corrected chi connectivity index (χ0v) is 17.8. The number of nitrogens with one attached hydrogen (secondary N) is 1. The van der Waals surface area contributed by atoms with Crippen LogP contribution in [0.4, 0.5) is 4.39 Å². The number of hydrogen-bond donors (Lipinski definition) is 1. The Kier molecular flexibility index (Phi) is 5.02. The topological polar surface area (TPSA) is 52.5 Å². The van der Waals surface area contributed by atoms with Gasteiger partial charge in [0.05, 0.1) is 16.5 Å². The molecule has 0 saturated heterocycles. The summed E-state index contributed by atoms with van der Waals surface area (Å²) in [4.78, 5) is 0. The molecular weight excluding hydrogens is 432 g/mol. The van der Waals surface area contributed by atoms with Gasteiger partial charge in [-0.1, -0.05) is 65.7 Å². The van der Waals surface area contributed by atoms with E-state index in [1.54, 1.807) is 12.1 Å². The van der Waals surface area contributed by atoms with Crippen LogP contribution >= 0.6 is 23.2 Å². The molecule has 0 radical (unpaired) electrons. The molecule has 0 amide bonds.